The Balaban J connectivity index is 1.60. The van der Waals surface area contributed by atoms with E-state index >= 15 is 0 Å². The summed E-state index contributed by atoms with van der Waals surface area (Å²) in [5, 5.41) is 1.15. The number of piperazine rings is 1. The molecule has 6 heteroatoms. The van der Waals surface area contributed by atoms with Crippen LogP contribution in [0, 0.1) is 0 Å². The fourth-order valence-corrected chi connectivity index (χ4v) is 5.02. The highest BCUT2D eigenvalue weighted by Gasteiger charge is 2.36. The van der Waals surface area contributed by atoms with Gasteiger partial charge >= 0.3 is 0 Å². The molecule has 4 nitrogen and oxygen atoms in total. The molecule has 26 heavy (non-hydrogen) atoms. The number of hydrogen-bond donors (Lipinski definition) is 0. The molecule has 1 aromatic heterocycles. The topological polar surface area (TPSA) is 36.7 Å². The van der Waals surface area contributed by atoms with Crippen LogP contribution in [0.15, 0.2) is 33.7 Å². The van der Waals surface area contributed by atoms with Gasteiger partial charge in [-0.2, -0.15) is 11.8 Å². The highest BCUT2D eigenvalue weighted by atomic mass is 35.5. The van der Waals surface area contributed by atoms with E-state index in [2.05, 4.69) is 16.1 Å². The van der Waals surface area contributed by atoms with Crippen molar-refractivity contribution in [2.24, 2.45) is 0 Å². The van der Waals surface area contributed by atoms with Gasteiger partial charge in [-0.25, -0.2) is 0 Å². The summed E-state index contributed by atoms with van der Waals surface area (Å²) >= 11 is 7.97. The Kier molecular flexibility index (Phi) is 5.60. The van der Waals surface area contributed by atoms with Crippen LogP contribution in [0.5, 0.6) is 0 Å². The fraction of sp³-hybridized carbons (Fsp3) is 0.550. The van der Waals surface area contributed by atoms with E-state index in [9.17, 15) is 4.79 Å². The summed E-state index contributed by atoms with van der Waals surface area (Å²) in [7, 11) is 0. The third kappa shape index (κ3) is 3.68. The standard InChI is InChI=1S/C20H25ClN2O2S/c1-26-8-6-17-11-22-7-2-3-16(22)12-23(17)10-14-13-25-19-5-4-15(21)9-18(19)20(14)24/h4-5,9,13,16-17H,2-3,6-8,10-12H2,1H3/t16-,17+/m0/s1. The van der Waals surface area contributed by atoms with Crippen molar-refractivity contribution in [2.75, 3.05) is 31.6 Å². The molecule has 0 aliphatic carbocycles. The van der Waals surface area contributed by atoms with Gasteiger partial charge in [-0.15, -0.1) is 0 Å². The zero-order valence-electron chi connectivity index (χ0n) is 15.1. The highest BCUT2D eigenvalue weighted by molar-refractivity contribution is 7.98. The molecule has 2 atom stereocenters. The van der Waals surface area contributed by atoms with Gasteiger partial charge in [0, 0.05) is 42.3 Å². The minimum Gasteiger partial charge on any atom is -0.464 e. The van der Waals surface area contributed by atoms with Gasteiger partial charge < -0.3 is 4.42 Å². The molecular formula is C20H25ClN2O2S. The van der Waals surface area contributed by atoms with Crippen molar-refractivity contribution in [2.45, 2.75) is 37.9 Å². The van der Waals surface area contributed by atoms with Gasteiger partial charge in [0.25, 0.3) is 0 Å². The molecule has 0 unspecified atom stereocenters. The van der Waals surface area contributed by atoms with Crippen molar-refractivity contribution in [3.05, 3.63) is 45.3 Å². The molecule has 140 valence electrons. The van der Waals surface area contributed by atoms with Crippen LogP contribution in [-0.2, 0) is 6.54 Å². The van der Waals surface area contributed by atoms with Crippen LogP contribution in [-0.4, -0.2) is 53.5 Å². The van der Waals surface area contributed by atoms with Gasteiger partial charge in [0.15, 0.2) is 5.43 Å². The highest BCUT2D eigenvalue weighted by Crippen LogP contribution is 2.27. The number of benzene rings is 1. The molecule has 0 spiro atoms. The van der Waals surface area contributed by atoms with Crippen molar-refractivity contribution in [3.8, 4) is 0 Å². The second-order valence-corrected chi connectivity index (χ2v) is 8.81. The Hall–Kier alpha value is -1.01. The Morgan fingerprint density at radius 1 is 1.35 bits per heavy atom. The molecule has 1 aromatic carbocycles. The summed E-state index contributed by atoms with van der Waals surface area (Å²) in [6.07, 6.45) is 7.53. The first-order valence-corrected chi connectivity index (χ1v) is 11.1. The second kappa shape index (κ2) is 7.93. The maximum absolute atomic E-state index is 12.9. The molecule has 2 saturated heterocycles. The molecule has 2 aliphatic rings. The number of nitrogens with zero attached hydrogens (tertiary/aromatic N) is 2. The first-order chi connectivity index (χ1) is 12.7. The fourth-order valence-electron chi connectivity index (χ4n) is 4.34. The van der Waals surface area contributed by atoms with Crippen LogP contribution in [0.1, 0.15) is 24.8 Å². The van der Waals surface area contributed by atoms with E-state index < -0.39 is 0 Å². The molecule has 0 radical (unpaired) electrons. The number of halogens is 1. The summed E-state index contributed by atoms with van der Waals surface area (Å²) in [6.45, 7) is 4.06. The third-order valence-electron chi connectivity index (χ3n) is 5.74. The average Bonchev–Trinajstić information content (AvgIpc) is 3.09. The lowest BCUT2D eigenvalue weighted by Gasteiger charge is -2.43. The lowest BCUT2D eigenvalue weighted by molar-refractivity contribution is 0.0437. The average molecular weight is 393 g/mol. The van der Waals surface area contributed by atoms with E-state index in [1.165, 1.54) is 19.4 Å². The normalized spacial score (nSPS) is 24.2. The maximum Gasteiger partial charge on any atom is 0.197 e. The predicted molar refractivity (Wildman–Crippen MR) is 109 cm³/mol. The number of thioether (sulfide) groups is 1. The van der Waals surface area contributed by atoms with E-state index in [1.54, 1.807) is 24.5 Å². The molecule has 3 heterocycles. The van der Waals surface area contributed by atoms with Gasteiger partial charge in [-0.1, -0.05) is 11.6 Å². The number of hydrogen-bond acceptors (Lipinski definition) is 5. The zero-order chi connectivity index (χ0) is 18.1. The quantitative estimate of drug-likeness (QED) is 0.772. The molecule has 4 rings (SSSR count). The van der Waals surface area contributed by atoms with Gasteiger partial charge in [0.2, 0.25) is 0 Å². The van der Waals surface area contributed by atoms with Crippen molar-refractivity contribution in [3.63, 3.8) is 0 Å². The van der Waals surface area contributed by atoms with Crippen molar-refractivity contribution in [1.29, 1.82) is 0 Å². The van der Waals surface area contributed by atoms with E-state index in [1.807, 2.05) is 11.8 Å². The summed E-state index contributed by atoms with van der Waals surface area (Å²) in [4.78, 5) is 18.1. The van der Waals surface area contributed by atoms with Crippen molar-refractivity contribution < 1.29 is 4.42 Å². The minimum atomic E-state index is 0.0474. The molecule has 2 aliphatic heterocycles. The van der Waals surface area contributed by atoms with Crippen LogP contribution in [0.25, 0.3) is 11.0 Å². The molecule has 0 amide bonds. The van der Waals surface area contributed by atoms with E-state index in [0.717, 1.165) is 30.8 Å². The molecular weight excluding hydrogens is 368 g/mol. The van der Waals surface area contributed by atoms with Crippen LogP contribution in [0.2, 0.25) is 5.02 Å². The lowest BCUT2D eigenvalue weighted by atomic mass is 10.0. The van der Waals surface area contributed by atoms with Gasteiger partial charge in [-0.05, 0) is 56.0 Å². The molecule has 0 bridgehead atoms. The Labute approximate surface area is 163 Å². The summed E-state index contributed by atoms with van der Waals surface area (Å²) in [5.41, 5.74) is 1.38. The Bertz CT molecular complexity index is 840. The second-order valence-electron chi connectivity index (χ2n) is 7.39. The maximum atomic E-state index is 12.9. The van der Waals surface area contributed by atoms with Crippen molar-refractivity contribution in [1.82, 2.24) is 9.80 Å². The van der Waals surface area contributed by atoms with Gasteiger partial charge in [-0.3, -0.25) is 14.6 Å². The van der Waals surface area contributed by atoms with Gasteiger partial charge in [0.05, 0.1) is 11.6 Å². The van der Waals surface area contributed by atoms with E-state index in [4.69, 9.17) is 16.0 Å². The Morgan fingerprint density at radius 2 is 2.23 bits per heavy atom. The summed E-state index contributed by atoms with van der Waals surface area (Å²) < 4.78 is 5.72. The first-order valence-electron chi connectivity index (χ1n) is 9.32. The number of fused-ring (bicyclic) bond motifs is 2. The SMILES string of the molecule is CSCC[C@@H]1CN2CCC[C@H]2CN1Cc1coc2ccc(Cl)cc2c1=O. The Morgan fingerprint density at radius 3 is 3.08 bits per heavy atom. The predicted octanol–water partition coefficient (Wildman–Crippen LogP) is 3.85. The summed E-state index contributed by atoms with van der Waals surface area (Å²) in [5.74, 6) is 1.15. The molecule has 0 saturated carbocycles. The lowest BCUT2D eigenvalue weighted by Crippen LogP contribution is -2.56. The third-order valence-corrected chi connectivity index (χ3v) is 6.62. The van der Waals surface area contributed by atoms with Crippen LogP contribution < -0.4 is 5.43 Å². The van der Waals surface area contributed by atoms with Crippen LogP contribution in [0.3, 0.4) is 0 Å². The largest absolute Gasteiger partial charge is 0.464 e. The number of rotatable bonds is 5. The van der Waals surface area contributed by atoms with Crippen LogP contribution >= 0.6 is 23.4 Å². The molecule has 2 fully saturated rings. The smallest absolute Gasteiger partial charge is 0.197 e. The molecule has 0 N–H and O–H groups in total. The minimum absolute atomic E-state index is 0.0474. The monoisotopic (exact) mass is 392 g/mol. The summed E-state index contributed by atoms with van der Waals surface area (Å²) in [6, 6.07) is 6.38. The van der Waals surface area contributed by atoms with E-state index in [0.29, 0.717) is 34.6 Å². The van der Waals surface area contributed by atoms with E-state index in [-0.39, 0.29) is 5.43 Å². The zero-order valence-corrected chi connectivity index (χ0v) is 16.7. The first kappa shape index (κ1) is 18.4. The van der Waals surface area contributed by atoms with Crippen LogP contribution in [0.4, 0.5) is 0 Å². The van der Waals surface area contributed by atoms with Crippen molar-refractivity contribution >= 4 is 34.3 Å². The van der Waals surface area contributed by atoms with Gasteiger partial charge in [0.1, 0.15) is 5.58 Å². The molecule has 2 aromatic rings.